The molecule has 1 fully saturated rings. The molecular weight excluding hydrogens is 291 g/mol. The number of rotatable bonds is 1. The van der Waals surface area contributed by atoms with E-state index < -0.39 is 11.7 Å². The molecule has 108 valence electrons. The second kappa shape index (κ2) is 5.06. The fraction of sp³-hybridized carbons (Fsp3) is 0.429. The van der Waals surface area contributed by atoms with E-state index in [-0.39, 0.29) is 17.1 Å². The summed E-state index contributed by atoms with van der Waals surface area (Å²) in [6, 6.07) is 4.33. The van der Waals surface area contributed by atoms with E-state index in [1.165, 1.54) is 6.07 Å². The molecule has 0 aromatic heterocycles. The molecule has 1 aromatic carbocycles. The maximum absolute atomic E-state index is 12.9. The zero-order valence-corrected chi connectivity index (χ0v) is 11.3. The lowest BCUT2D eigenvalue weighted by Gasteiger charge is -2.35. The predicted octanol–water partition coefficient (Wildman–Crippen LogP) is 3.50. The summed E-state index contributed by atoms with van der Waals surface area (Å²) in [6.45, 7) is 1.15. The molecule has 1 saturated heterocycles. The van der Waals surface area contributed by atoms with Crippen LogP contribution in [0.1, 0.15) is 17.5 Å². The Morgan fingerprint density at radius 2 is 2.05 bits per heavy atom. The number of halogens is 4. The first-order valence-electron chi connectivity index (χ1n) is 6.35. The smallest absolute Gasteiger partial charge is 0.378 e. The van der Waals surface area contributed by atoms with Gasteiger partial charge in [0.1, 0.15) is 0 Å². The number of nitrogens with one attached hydrogen (secondary N) is 1. The fourth-order valence-electron chi connectivity index (χ4n) is 2.68. The molecule has 20 heavy (non-hydrogen) atoms. The second-order valence-corrected chi connectivity index (χ2v) is 5.50. The molecule has 2 aliphatic rings. The molecule has 2 aliphatic heterocycles. The topological polar surface area (TPSA) is 21.3 Å². The van der Waals surface area contributed by atoms with Gasteiger partial charge in [-0.15, -0.1) is 0 Å². The number of fused-ring (bicyclic) bond motifs is 2. The van der Waals surface area contributed by atoms with Gasteiger partial charge in [-0.2, -0.15) is 13.2 Å². The summed E-state index contributed by atoms with van der Waals surface area (Å²) in [5.74, 6) is 0. The maximum Gasteiger partial charge on any atom is 0.417 e. The Balaban J connectivity index is 1.97. The van der Waals surface area contributed by atoms with Crippen LogP contribution >= 0.6 is 11.6 Å². The highest BCUT2D eigenvalue weighted by molar-refractivity contribution is 6.31. The lowest BCUT2D eigenvalue weighted by Crippen LogP contribution is -2.50. The molecule has 0 saturated carbocycles. The van der Waals surface area contributed by atoms with Gasteiger partial charge in [0.15, 0.2) is 0 Å². The van der Waals surface area contributed by atoms with Crippen LogP contribution in [0.25, 0.3) is 5.57 Å². The first-order chi connectivity index (χ1) is 9.43. The third-order valence-corrected chi connectivity index (χ3v) is 3.91. The zero-order valence-electron chi connectivity index (χ0n) is 10.5. The second-order valence-electron chi connectivity index (χ2n) is 5.10. The van der Waals surface area contributed by atoms with E-state index in [4.69, 9.17) is 16.3 Å². The van der Waals surface area contributed by atoms with Crippen molar-refractivity contribution in [1.82, 2.24) is 5.32 Å². The van der Waals surface area contributed by atoms with Crippen LogP contribution in [0.2, 0.25) is 5.02 Å². The van der Waals surface area contributed by atoms with Crippen LogP contribution in [0.15, 0.2) is 24.3 Å². The first kappa shape index (κ1) is 13.9. The van der Waals surface area contributed by atoms with E-state index in [9.17, 15) is 13.2 Å². The molecule has 0 spiro atoms. The van der Waals surface area contributed by atoms with E-state index in [2.05, 4.69) is 5.32 Å². The van der Waals surface area contributed by atoms with Gasteiger partial charge in [0.25, 0.3) is 0 Å². The molecule has 0 aliphatic carbocycles. The molecule has 2 atom stereocenters. The van der Waals surface area contributed by atoms with Gasteiger partial charge in [-0.1, -0.05) is 23.7 Å². The van der Waals surface area contributed by atoms with Gasteiger partial charge in [-0.05, 0) is 29.7 Å². The minimum atomic E-state index is -4.43. The van der Waals surface area contributed by atoms with Gasteiger partial charge in [-0.25, -0.2) is 0 Å². The van der Waals surface area contributed by atoms with Crippen molar-refractivity contribution < 1.29 is 17.9 Å². The summed E-state index contributed by atoms with van der Waals surface area (Å²) in [6.07, 6.45) is -1.83. The minimum Gasteiger partial charge on any atom is -0.378 e. The van der Waals surface area contributed by atoms with Crippen molar-refractivity contribution in [3.8, 4) is 0 Å². The summed E-state index contributed by atoms with van der Waals surface area (Å²) in [5, 5.41) is 3.09. The summed E-state index contributed by atoms with van der Waals surface area (Å²) in [5.41, 5.74) is 0.724. The average Bonchev–Trinajstić information content (AvgIpc) is 2.37. The molecule has 2 heterocycles. The summed E-state index contributed by atoms with van der Waals surface area (Å²) >= 11 is 5.64. The third-order valence-electron chi connectivity index (χ3n) is 3.58. The van der Waals surface area contributed by atoms with Crippen molar-refractivity contribution in [3.63, 3.8) is 0 Å². The van der Waals surface area contributed by atoms with Crippen molar-refractivity contribution in [3.05, 3.63) is 40.4 Å². The number of alkyl halides is 3. The lowest BCUT2D eigenvalue weighted by molar-refractivity contribution is -0.137. The van der Waals surface area contributed by atoms with Gasteiger partial charge < -0.3 is 10.1 Å². The highest BCUT2D eigenvalue weighted by Crippen LogP contribution is 2.37. The molecule has 1 aromatic rings. The first-order valence-corrected chi connectivity index (χ1v) is 6.73. The standard InChI is InChI=1S/C14H13ClF3NO/c15-13-2-1-8(5-12(13)14(16,17)18)9-3-10-6-20-7-11(4-9)19-10/h1-3,5,10-11,19H,4,6-7H2. The quantitative estimate of drug-likeness (QED) is 0.857. The molecule has 2 unspecified atom stereocenters. The number of morpholine rings is 1. The van der Waals surface area contributed by atoms with Crippen molar-refractivity contribution in [1.29, 1.82) is 0 Å². The Hall–Kier alpha value is -1.04. The maximum atomic E-state index is 12.9. The van der Waals surface area contributed by atoms with Crippen LogP contribution in [-0.2, 0) is 10.9 Å². The minimum absolute atomic E-state index is 0.0718. The Labute approximate surface area is 119 Å². The normalized spacial score (nSPS) is 26.3. The van der Waals surface area contributed by atoms with Crippen molar-refractivity contribution in [2.45, 2.75) is 24.7 Å². The SMILES string of the molecule is FC(F)(F)c1cc(C2=CC3COCC(C2)N3)ccc1Cl. The highest BCUT2D eigenvalue weighted by atomic mass is 35.5. The lowest BCUT2D eigenvalue weighted by atomic mass is 9.91. The van der Waals surface area contributed by atoms with E-state index in [0.29, 0.717) is 25.2 Å². The van der Waals surface area contributed by atoms with Crippen molar-refractivity contribution >= 4 is 17.2 Å². The number of benzene rings is 1. The number of hydrogen-bond acceptors (Lipinski definition) is 2. The molecule has 3 rings (SSSR count). The third kappa shape index (κ3) is 2.71. The van der Waals surface area contributed by atoms with Crippen LogP contribution in [0, 0.1) is 0 Å². The predicted molar refractivity (Wildman–Crippen MR) is 70.6 cm³/mol. The van der Waals surface area contributed by atoms with Gasteiger partial charge in [0.2, 0.25) is 0 Å². The van der Waals surface area contributed by atoms with E-state index in [1.54, 1.807) is 6.07 Å². The highest BCUT2D eigenvalue weighted by Gasteiger charge is 2.34. The summed E-state index contributed by atoms with van der Waals surface area (Å²) in [4.78, 5) is 0. The summed E-state index contributed by atoms with van der Waals surface area (Å²) < 4.78 is 44.1. The van der Waals surface area contributed by atoms with E-state index >= 15 is 0 Å². The largest absolute Gasteiger partial charge is 0.417 e. The van der Waals surface area contributed by atoms with Crippen LogP contribution < -0.4 is 5.32 Å². The molecule has 1 N–H and O–H groups in total. The van der Waals surface area contributed by atoms with Gasteiger partial charge in [-0.3, -0.25) is 0 Å². The molecule has 2 nitrogen and oxygen atoms in total. The Kier molecular flexibility index (Phi) is 3.52. The fourth-order valence-corrected chi connectivity index (χ4v) is 2.91. The molecular formula is C14H13ClF3NO. The molecule has 0 amide bonds. The van der Waals surface area contributed by atoms with Gasteiger partial charge in [0.05, 0.1) is 23.8 Å². The van der Waals surface area contributed by atoms with Crippen molar-refractivity contribution in [2.75, 3.05) is 13.2 Å². The number of hydrogen-bond donors (Lipinski definition) is 1. The van der Waals surface area contributed by atoms with Crippen LogP contribution in [0.3, 0.4) is 0 Å². The van der Waals surface area contributed by atoms with E-state index in [0.717, 1.165) is 11.6 Å². The molecule has 0 radical (unpaired) electrons. The molecule has 6 heteroatoms. The Bertz CT molecular complexity index is 556. The van der Waals surface area contributed by atoms with Gasteiger partial charge >= 0.3 is 6.18 Å². The van der Waals surface area contributed by atoms with Crippen LogP contribution in [0.4, 0.5) is 13.2 Å². The average molecular weight is 304 g/mol. The van der Waals surface area contributed by atoms with Crippen molar-refractivity contribution in [2.24, 2.45) is 0 Å². The monoisotopic (exact) mass is 303 g/mol. The molecule has 2 bridgehead atoms. The number of ether oxygens (including phenoxy) is 1. The van der Waals surface area contributed by atoms with E-state index in [1.807, 2.05) is 6.08 Å². The Morgan fingerprint density at radius 3 is 2.75 bits per heavy atom. The summed E-state index contributed by atoms with van der Waals surface area (Å²) in [7, 11) is 0. The van der Waals surface area contributed by atoms with Gasteiger partial charge in [0, 0.05) is 12.1 Å². The zero-order chi connectivity index (χ0) is 14.3. The van der Waals surface area contributed by atoms with Crippen LogP contribution in [0.5, 0.6) is 0 Å². The van der Waals surface area contributed by atoms with Crippen LogP contribution in [-0.4, -0.2) is 25.3 Å². The Morgan fingerprint density at radius 1 is 1.25 bits per heavy atom.